The third kappa shape index (κ3) is 2.98. The molecule has 1 aromatic heterocycles. The normalized spacial score (nSPS) is 16.2. The molecule has 0 spiro atoms. The Morgan fingerprint density at radius 2 is 1.90 bits per heavy atom. The van der Waals surface area contributed by atoms with Crippen LogP contribution in [0.1, 0.15) is 42.6 Å². The lowest BCUT2D eigenvalue weighted by atomic mass is 9.89. The molecule has 0 radical (unpaired) electrons. The summed E-state index contributed by atoms with van der Waals surface area (Å²) in [5.41, 5.74) is 1.39. The van der Waals surface area contributed by atoms with Crippen molar-refractivity contribution in [3.05, 3.63) is 42.1 Å². The highest BCUT2D eigenvalue weighted by atomic mass is 16.1. The lowest BCUT2D eigenvalue weighted by Crippen LogP contribution is -2.30. The first kappa shape index (κ1) is 13.1. The minimum absolute atomic E-state index is 0.0543. The summed E-state index contributed by atoms with van der Waals surface area (Å²) in [5.74, 6) is 0.592. The Labute approximate surface area is 119 Å². The van der Waals surface area contributed by atoms with Crippen LogP contribution in [0, 0.1) is 5.92 Å². The zero-order valence-corrected chi connectivity index (χ0v) is 11.6. The third-order valence-electron chi connectivity index (χ3n) is 4.11. The molecule has 1 fully saturated rings. The van der Waals surface area contributed by atoms with Crippen molar-refractivity contribution in [1.29, 1.82) is 0 Å². The van der Waals surface area contributed by atoms with Gasteiger partial charge in [-0.25, -0.2) is 4.98 Å². The van der Waals surface area contributed by atoms with Gasteiger partial charge in [-0.3, -0.25) is 4.79 Å². The molecule has 3 rings (SSSR count). The molecule has 1 aliphatic carbocycles. The van der Waals surface area contributed by atoms with Crippen LogP contribution in [-0.2, 0) is 0 Å². The number of benzene rings is 1. The molecule has 0 saturated heterocycles. The minimum atomic E-state index is -0.0543. The first-order valence-corrected chi connectivity index (χ1v) is 7.47. The van der Waals surface area contributed by atoms with E-state index in [-0.39, 0.29) is 5.91 Å². The standard InChI is InChI=1S/C17H20N2O/c20-17(18-12-13-6-2-1-3-7-13)16-11-10-14-8-4-5-9-15(14)19-16/h4-5,8-11,13H,1-3,6-7,12H2,(H,18,20). The van der Waals surface area contributed by atoms with E-state index < -0.39 is 0 Å². The van der Waals surface area contributed by atoms with Crippen LogP contribution in [0.4, 0.5) is 0 Å². The first-order valence-electron chi connectivity index (χ1n) is 7.47. The fraction of sp³-hybridized carbons (Fsp3) is 0.412. The first-order chi connectivity index (χ1) is 9.83. The maximum absolute atomic E-state index is 12.2. The molecule has 0 aliphatic heterocycles. The van der Waals surface area contributed by atoms with Crippen LogP contribution in [-0.4, -0.2) is 17.4 Å². The molecule has 1 aromatic carbocycles. The van der Waals surface area contributed by atoms with Crippen LogP contribution >= 0.6 is 0 Å². The molecule has 0 unspecified atom stereocenters. The van der Waals surface area contributed by atoms with Gasteiger partial charge < -0.3 is 5.32 Å². The molecule has 3 nitrogen and oxygen atoms in total. The van der Waals surface area contributed by atoms with Gasteiger partial charge in [-0.15, -0.1) is 0 Å². The van der Waals surface area contributed by atoms with E-state index in [9.17, 15) is 4.79 Å². The quantitative estimate of drug-likeness (QED) is 0.925. The number of hydrogen-bond acceptors (Lipinski definition) is 2. The lowest BCUT2D eigenvalue weighted by Gasteiger charge is -2.21. The van der Waals surface area contributed by atoms with Gasteiger partial charge in [-0.2, -0.15) is 0 Å². The van der Waals surface area contributed by atoms with Crippen molar-refractivity contribution < 1.29 is 4.79 Å². The van der Waals surface area contributed by atoms with Gasteiger partial charge >= 0.3 is 0 Å². The monoisotopic (exact) mass is 268 g/mol. The average molecular weight is 268 g/mol. The number of para-hydroxylation sites is 1. The van der Waals surface area contributed by atoms with Crippen molar-refractivity contribution in [2.75, 3.05) is 6.54 Å². The molecule has 104 valence electrons. The summed E-state index contributed by atoms with van der Waals surface area (Å²) in [6.45, 7) is 0.785. The number of hydrogen-bond donors (Lipinski definition) is 1. The smallest absolute Gasteiger partial charge is 0.269 e. The van der Waals surface area contributed by atoms with Crippen molar-refractivity contribution in [2.45, 2.75) is 32.1 Å². The van der Waals surface area contributed by atoms with E-state index >= 15 is 0 Å². The largest absolute Gasteiger partial charge is 0.350 e. The number of rotatable bonds is 3. The van der Waals surface area contributed by atoms with Gasteiger partial charge in [0, 0.05) is 11.9 Å². The number of nitrogens with one attached hydrogen (secondary N) is 1. The summed E-state index contributed by atoms with van der Waals surface area (Å²) in [6, 6.07) is 11.6. The van der Waals surface area contributed by atoms with Crippen molar-refractivity contribution in [2.24, 2.45) is 5.92 Å². The van der Waals surface area contributed by atoms with Crippen LogP contribution in [0.3, 0.4) is 0 Å². The zero-order valence-electron chi connectivity index (χ0n) is 11.6. The Bertz CT molecular complexity index is 603. The van der Waals surface area contributed by atoms with E-state index in [0.717, 1.165) is 17.4 Å². The topological polar surface area (TPSA) is 42.0 Å². The van der Waals surface area contributed by atoms with Gasteiger partial charge in [0.1, 0.15) is 5.69 Å². The number of amides is 1. The average Bonchev–Trinajstić information content (AvgIpc) is 2.53. The second-order valence-electron chi connectivity index (χ2n) is 5.60. The van der Waals surface area contributed by atoms with E-state index in [2.05, 4.69) is 10.3 Å². The van der Waals surface area contributed by atoms with E-state index in [1.54, 1.807) is 6.07 Å². The number of fused-ring (bicyclic) bond motifs is 1. The molecule has 1 amide bonds. The lowest BCUT2D eigenvalue weighted by molar-refractivity contribution is 0.0939. The molecule has 2 aromatic rings. The molecule has 3 heteroatoms. The van der Waals surface area contributed by atoms with Crippen LogP contribution in [0.25, 0.3) is 10.9 Å². The maximum atomic E-state index is 12.2. The molecule has 1 N–H and O–H groups in total. The Balaban J connectivity index is 1.65. The highest BCUT2D eigenvalue weighted by Gasteiger charge is 2.15. The molecule has 1 heterocycles. The summed E-state index contributed by atoms with van der Waals surface area (Å²) in [4.78, 5) is 16.6. The van der Waals surface area contributed by atoms with Crippen LogP contribution in [0.2, 0.25) is 0 Å². The van der Waals surface area contributed by atoms with Crippen LogP contribution in [0.15, 0.2) is 36.4 Å². The highest BCUT2D eigenvalue weighted by Crippen LogP contribution is 2.22. The molecule has 1 saturated carbocycles. The number of aromatic nitrogens is 1. The Morgan fingerprint density at radius 3 is 2.75 bits per heavy atom. The van der Waals surface area contributed by atoms with E-state index in [1.165, 1.54) is 32.1 Å². The molecule has 20 heavy (non-hydrogen) atoms. The predicted octanol–water partition coefficient (Wildman–Crippen LogP) is 3.54. The minimum Gasteiger partial charge on any atom is -0.350 e. The number of carbonyl (C=O) groups excluding carboxylic acids is 1. The summed E-state index contributed by atoms with van der Waals surface area (Å²) >= 11 is 0. The van der Waals surface area contributed by atoms with Gasteiger partial charge in [0.2, 0.25) is 0 Å². The fourth-order valence-corrected chi connectivity index (χ4v) is 2.91. The number of carbonyl (C=O) groups is 1. The zero-order chi connectivity index (χ0) is 13.8. The van der Waals surface area contributed by atoms with E-state index in [4.69, 9.17) is 0 Å². The third-order valence-corrected chi connectivity index (χ3v) is 4.11. The van der Waals surface area contributed by atoms with E-state index in [0.29, 0.717) is 11.6 Å². The van der Waals surface area contributed by atoms with Crippen molar-refractivity contribution >= 4 is 16.8 Å². The SMILES string of the molecule is O=C(NCC1CCCCC1)c1ccc2ccccc2n1. The Hall–Kier alpha value is -1.90. The summed E-state index contributed by atoms with van der Waals surface area (Å²) < 4.78 is 0. The van der Waals surface area contributed by atoms with Crippen LogP contribution < -0.4 is 5.32 Å². The molecular weight excluding hydrogens is 248 g/mol. The van der Waals surface area contributed by atoms with Crippen molar-refractivity contribution in [3.63, 3.8) is 0 Å². The Kier molecular flexibility index (Phi) is 3.95. The maximum Gasteiger partial charge on any atom is 0.269 e. The van der Waals surface area contributed by atoms with Gasteiger partial charge in [0.05, 0.1) is 5.52 Å². The number of nitrogens with zero attached hydrogens (tertiary/aromatic N) is 1. The Morgan fingerprint density at radius 1 is 1.10 bits per heavy atom. The predicted molar refractivity (Wildman–Crippen MR) is 80.7 cm³/mol. The summed E-state index contributed by atoms with van der Waals surface area (Å²) in [5, 5.41) is 4.10. The second kappa shape index (κ2) is 6.04. The van der Waals surface area contributed by atoms with E-state index in [1.807, 2.05) is 30.3 Å². The van der Waals surface area contributed by atoms with Crippen molar-refractivity contribution in [3.8, 4) is 0 Å². The molecular formula is C17H20N2O. The van der Waals surface area contributed by atoms with Crippen LogP contribution in [0.5, 0.6) is 0 Å². The van der Waals surface area contributed by atoms with Gasteiger partial charge in [0.25, 0.3) is 5.91 Å². The fourth-order valence-electron chi connectivity index (χ4n) is 2.91. The highest BCUT2D eigenvalue weighted by molar-refractivity contribution is 5.94. The van der Waals surface area contributed by atoms with Gasteiger partial charge in [0.15, 0.2) is 0 Å². The van der Waals surface area contributed by atoms with Gasteiger partial charge in [-0.05, 0) is 30.9 Å². The molecule has 0 bridgehead atoms. The summed E-state index contributed by atoms with van der Waals surface area (Å²) in [6.07, 6.45) is 6.43. The van der Waals surface area contributed by atoms with Gasteiger partial charge in [-0.1, -0.05) is 43.5 Å². The molecule has 1 aliphatic rings. The summed E-state index contributed by atoms with van der Waals surface area (Å²) in [7, 11) is 0. The van der Waals surface area contributed by atoms with Crippen molar-refractivity contribution in [1.82, 2.24) is 10.3 Å². The second-order valence-corrected chi connectivity index (χ2v) is 5.60. The molecule has 0 atom stereocenters. The number of pyridine rings is 1.